The molecule has 1 atom stereocenters. The van der Waals surface area contributed by atoms with Crippen molar-refractivity contribution in [1.29, 1.82) is 0 Å². The van der Waals surface area contributed by atoms with Gasteiger partial charge in [-0.15, -0.1) is 0 Å². The number of benzene rings is 1. The van der Waals surface area contributed by atoms with Crippen molar-refractivity contribution in [2.45, 2.75) is 5.37 Å². The number of hydrogen-bond acceptors (Lipinski definition) is 4. The van der Waals surface area contributed by atoms with Crippen molar-refractivity contribution < 1.29 is 14.6 Å². The molecule has 0 saturated carbocycles. The lowest BCUT2D eigenvalue weighted by Gasteiger charge is -2.06. The molecule has 17 heavy (non-hydrogen) atoms. The summed E-state index contributed by atoms with van der Waals surface area (Å²) in [7, 11) is 0. The third-order valence-corrected chi connectivity index (χ3v) is 3.72. The molecule has 1 aromatic rings. The van der Waals surface area contributed by atoms with Gasteiger partial charge >= 0.3 is 5.97 Å². The van der Waals surface area contributed by atoms with Crippen molar-refractivity contribution >= 4 is 23.4 Å². The van der Waals surface area contributed by atoms with Crippen LogP contribution >= 0.6 is 11.8 Å². The van der Waals surface area contributed by atoms with Crippen molar-refractivity contribution in [2.24, 2.45) is 4.99 Å². The highest BCUT2D eigenvalue weighted by Crippen LogP contribution is 2.38. The molecule has 3 rings (SSSR count). The Labute approximate surface area is 102 Å². The summed E-state index contributed by atoms with van der Waals surface area (Å²) in [5, 5.41) is 8.26. The summed E-state index contributed by atoms with van der Waals surface area (Å²) in [6.45, 7) is 0.449. The fourth-order valence-electron chi connectivity index (χ4n) is 1.83. The zero-order chi connectivity index (χ0) is 11.8. The quantitative estimate of drug-likeness (QED) is 0.823. The molecule has 1 unspecified atom stereocenters. The van der Waals surface area contributed by atoms with Crippen molar-refractivity contribution in [3.05, 3.63) is 40.8 Å². The Hall–Kier alpha value is -1.75. The number of carbonyl (C=O) groups is 1. The number of rotatable bonds is 1. The van der Waals surface area contributed by atoms with Gasteiger partial charge in [-0.1, -0.05) is 23.9 Å². The van der Waals surface area contributed by atoms with Crippen molar-refractivity contribution in [2.75, 3.05) is 6.61 Å². The summed E-state index contributed by atoms with van der Waals surface area (Å²) in [5.41, 5.74) is 1.60. The van der Waals surface area contributed by atoms with E-state index < -0.39 is 11.3 Å². The average molecular weight is 247 g/mol. The maximum Gasteiger partial charge on any atom is 0.339 e. The van der Waals surface area contributed by atoms with E-state index >= 15 is 0 Å². The number of aliphatic carboxylic acids is 1. The van der Waals surface area contributed by atoms with E-state index in [-0.39, 0.29) is 0 Å². The SMILES string of the molecule is O=C(O)C1N=C2C(=CCOc3ccccc32)S1. The lowest BCUT2D eigenvalue weighted by Crippen LogP contribution is -2.10. The largest absolute Gasteiger partial charge is 0.489 e. The fraction of sp³-hybridized carbons (Fsp3) is 0.167. The van der Waals surface area contributed by atoms with Crippen LogP contribution in [0.1, 0.15) is 5.56 Å². The van der Waals surface area contributed by atoms with Crippen LogP contribution in [-0.2, 0) is 4.79 Å². The summed E-state index contributed by atoms with van der Waals surface area (Å²) < 4.78 is 5.56. The second-order valence-electron chi connectivity index (χ2n) is 3.66. The van der Waals surface area contributed by atoms with Crippen LogP contribution in [0.3, 0.4) is 0 Å². The Morgan fingerprint density at radius 2 is 2.29 bits per heavy atom. The van der Waals surface area contributed by atoms with E-state index in [0.29, 0.717) is 6.61 Å². The number of hydrogen-bond donors (Lipinski definition) is 1. The molecule has 0 amide bonds. The predicted molar refractivity (Wildman–Crippen MR) is 65.6 cm³/mol. The normalized spacial score (nSPS) is 21.5. The Morgan fingerprint density at radius 1 is 1.47 bits per heavy atom. The molecule has 4 nitrogen and oxygen atoms in total. The maximum atomic E-state index is 11.0. The number of ether oxygens (including phenoxy) is 1. The second kappa shape index (κ2) is 3.92. The van der Waals surface area contributed by atoms with E-state index in [4.69, 9.17) is 9.84 Å². The Morgan fingerprint density at radius 3 is 3.12 bits per heavy atom. The van der Waals surface area contributed by atoms with Crippen LogP contribution in [0.15, 0.2) is 40.2 Å². The molecule has 1 N–H and O–H groups in total. The molecule has 2 heterocycles. The minimum Gasteiger partial charge on any atom is -0.489 e. The molecule has 0 radical (unpaired) electrons. The zero-order valence-corrected chi connectivity index (χ0v) is 9.61. The van der Waals surface area contributed by atoms with Crippen molar-refractivity contribution in [3.8, 4) is 5.75 Å². The van der Waals surface area contributed by atoms with Crippen LogP contribution in [0.4, 0.5) is 0 Å². The third-order valence-electron chi connectivity index (χ3n) is 2.58. The van der Waals surface area contributed by atoms with Gasteiger partial charge in [-0.2, -0.15) is 0 Å². The number of carboxylic acid groups (broad SMARTS) is 1. The number of para-hydroxylation sites is 1. The monoisotopic (exact) mass is 247 g/mol. The van der Waals surface area contributed by atoms with Crippen LogP contribution < -0.4 is 4.74 Å². The molecule has 0 fully saturated rings. The molecule has 0 saturated heterocycles. The van der Waals surface area contributed by atoms with Crippen LogP contribution in [-0.4, -0.2) is 28.8 Å². The molecule has 86 valence electrons. The molecular formula is C12H9NO3S. The topological polar surface area (TPSA) is 58.9 Å². The van der Waals surface area contributed by atoms with Gasteiger partial charge < -0.3 is 9.84 Å². The first-order valence-electron chi connectivity index (χ1n) is 5.16. The Bertz CT molecular complexity index is 550. The highest BCUT2D eigenvalue weighted by molar-refractivity contribution is 8.05. The van der Waals surface area contributed by atoms with E-state index in [1.165, 1.54) is 11.8 Å². The average Bonchev–Trinajstić information content (AvgIpc) is 2.67. The molecule has 0 spiro atoms. The molecule has 2 aliphatic heterocycles. The summed E-state index contributed by atoms with van der Waals surface area (Å²) in [4.78, 5) is 16.1. The summed E-state index contributed by atoms with van der Waals surface area (Å²) in [6.07, 6.45) is 1.88. The van der Waals surface area contributed by atoms with E-state index in [9.17, 15) is 4.79 Å². The summed E-state index contributed by atoms with van der Waals surface area (Å²) in [5.74, 6) is -0.154. The first-order valence-corrected chi connectivity index (χ1v) is 6.03. The number of nitrogens with zero attached hydrogens (tertiary/aromatic N) is 1. The highest BCUT2D eigenvalue weighted by atomic mass is 32.2. The standard InChI is InChI=1S/C12H9NO3S/c14-12(15)11-13-10-7-3-1-2-4-8(7)16-6-5-9(10)17-11/h1-5,11H,6H2,(H,14,15). The first kappa shape index (κ1) is 10.4. The molecule has 1 aromatic carbocycles. The molecule has 0 aromatic heterocycles. The number of fused-ring (bicyclic) bond motifs is 3. The summed E-state index contributed by atoms with van der Waals surface area (Å²) in [6, 6.07) is 7.55. The van der Waals surface area contributed by atoms with Gasteiger partial charge in [-0.3, -0.25) is 4.99 Å². The van der Waals surface area contributed by atoms with Crippen molar-refractivity contribution in [3.63, 3.8) is 0 Å². The second-order valence-corrected chi connectivity index (χ2v) is 4.78. The fourth-order valence-corrected chi connectivity index (χ4v) is 2.77. The smallest absolute Gasteiger partial charge is 0.339 e. The van der Waals surface area contributed by atoms with Crippen LogP contribution in [0.25, 0.3) is 0 Å². The number of carboxylic acids is 1. The van der Waals surface area contributed by atoms with Crippen molar-refractivity contribution in [1.82, 2.24) is 0 Å². The van der Waals surface area contributed by atoms with Gasteiger partial charge in [-0.25, -0.2) is 4.79 Å². The summed E-state index contributed by atoms with van der Waals surface area (Å²) >= 11 is 1.26. The van der Waals surface area contributed by atoms with Gasteiger partial charge in [-0.05, 0) is 18.2 Å². The van der Waals surface area contributed by atoms with Gasteiger partial charge in [0.05, 0.1) is 5.71 Å². The predicted octanol–water partition coefficient (Wildman–Crippen LogP) is 1.91. The lowest BCUT2D eigenvalue weighted by molar-refractivity contribution is -0.136. The van der Waals surface area contributed by atoms with Gasteiger partial charge in [0.1, 0.15) is 12.4 Å². The molecular weight excluding hydrogens is 238 g/mol. The van der Waals surface area contributed by atoms with Gasteiger partial charge in [0.15, 0.2) is 5.37 Å². The molecule has 0 bridgehead atoms. The number of allylic oxidation sites excluding steroid dienone is 1. The molecule has 2 aliphatic rings. The highest BCUT2D eigenvalue weighted by Gasteiger charge is 2.31. The molecule has 5 heteroatoms. The lowest BCUT2D eigenvalue weighted by atomic mass is 10.1. The van der Waals surface area contributed by atoms with E-state index in [0.717, 1.165) is 21.9 Å². The van der Waals surface area contributed by atoms with E-state index in [1.807, 2.05) is 30.3 Å². The third kappa shape index (κ3) is 1.72. The maximum absolute atomic E-state index is 11.0. The van der Waals surface area contributed by atoms with Crippen LogP contribution in [0, 0.1) is 0 Å². The van der Waals surface area contributed by atoms with Gasteiger partial charge in [0, 0.05) is 10.5 Å². The molecule has 0 aliphatic carbocycles. The number of thioether (sulfide) groups is 1. The number of aliphatic imine (C=N–C) groups is 1. The van der Waals surface area contributed by atoms with E-state index in [1.54, 1.807) is 0 Å². The Balaban J connectivity index is 2.11. The van der Waals surface area contributed by atoms with E-state index in [2.05, 4.69) is 4.99 Å². The van der Waals surface area contributed by atoms with Gasteiger partial charge in [0.2, 0.25) is 0 Å². The minimum atomic E-state index is -0.908. The van der Waals surface area contributed by atoms with Gasteiger partial charge in [0.25, 0.3) is 0 Å². The Kier molecular flexibility index (Phi) is 2.40. The van der Waals surface area contributed by atoms with Crippen LogP contribution in [0.5, 0.6) is 5.75 Å². The van der Waals surface area contributed by atoms with Crippen LogP contribution in [0.2, 0.25) is 0 Å². The minimum absolute atomic E-state index is 0.449. The zero-order valence-electron chi connectivity index (χ0n) is 8.79. The first-order chi connectivity index (χ1) is 8.25.